The van der Waals surface area contributed by atoms with E-state index in [0.29, 0.717) is 11.3 Å². The second-order valence-corrected chi connectivity index (χ2v) is 8.24. The van der Waals surface area contributed by atoms with Crippen molar-refractivity contribution in [3.05, 3.63) is 106 Å². The normalized spacial score (nSPS) is 17.9. The number of aryl methyl sites for hydroxylation is 4. The van der Waals surface area contributed by atoms with E-state index in [-0.39, 0.29) is 11.3 Å². The number of ketones is 1. The SMILES string of the molecule is Cc1ccc(N2C(=O)C(=O)/C(=C(/O)c3cc(C)ccc3C)C2c2cccc(C)c2)cc1. The van der Waals surface area contributed by atoms with Gasteiger partial charge in [0.05, 0.1) is 11.6 Å². The molecule has 4 nitrogen and oxygen atoms in total. The number of hydrogen-bond acceptors (Lipinski definition) is 3. The molecule has 1 amide bonds. The van der Waals surface area contributed by atoms with E-state index in [1.807, 2.05) is 94.4 Å². The smallest absolute Gasteiger partial charge is 0.300 e. The van der Waals surface area contributed by atoms with Crippen LogP contribution in [0, 0.1) is 27.7 Å². The summed E-state index contributed by atoms with van der Waals surface area (Å²) < 4.78 is 0. The molecule has 1 atom stereocenters. The van der Waals surface area contributed by atoms with Gasteiger partial charge in [0.1, 0.15) is 5.76 Å². The fourth-order valence-corrected chi connectivity index (χ4v) is 4.10. The first kappa shape index (κ1) is 20.6. The first-order chi connectivity index (χ1) is 14.8. The topological polar surface area (TPSA) is 57.6 Å². The molecule has 1 aliphatic rings. The lowest BCUT2D eigenvalue weighted by atomic mass is 9.92. The van der Waals surface area contributed by atoms with E-state index in [1.165, 1.54) is 4.90 Å². The van der Waals surface area contributed by atoms with Crippen LogP contribution in [0.1, 0.15) is 39.4 Å². The van der Waals surface area contributed by atoms with Gasteiger partial charge >= 0.3 is 0 Å². The van der Waals surface area contributed by atoms with Crippen LogP contribution in [0.15, 0.2) is 72.3 Å². The van der Waals surface area contributed by atoms with Crippen molar-refractivity contribution in [3.8, 4) is 0 Å². The number of nitrogens with zero attached hydrogens (tertiary/aromatic N) is 1. The largest absolute Gasteiger partial charge is 0.507 e. The highest BCUT2D eigenvalue weighted by molar-refractivity contribution is 6.51. The van der Waals surface area contributed by atoms with Crippen molar-refractivity contribution in [3.63, 3.8) is 0 Å². The average Bonchev–Trinajstić information content (AvgIpc) is 3.01. The number of rotatable bonds is 3. The Morgan fingerprint density at radius 2 is 1.45 bits per heavy atom. The quantitative estimate of drug-likeness (QED) is 0.349. The number of carbonyl (C=O) groups is 2. The molecule has 0 aromatic heterocycles. The number of Topliss-reactive ketones (excluding diaryl/α,β-unsaturated/α-hetero) is 1. The molecule has 0 spiro atoms. The van der Waals surface area contributed by atoms with E-state index in [9.17, 15) is 14.7 Å². The van der Waals surface area contributed by atoms with Crippen molar-refractivity contribution in [1.82, 2.24) is 0 Å². The maximum absolute atomic E-state index is 13.2. The molecule has 0 radical (unpaired) electrons. The fraction of sp³-hybridized carbons (Fsp3) is 0.185. The van der Waals surface area contributed by atoms with Crippen molar-refractivity contribution in [2.24, 2.45) is 0 Å². The summed E-state index contributed by atoms with van der Waals surface area (Å²) in [4.78, 5) is 27.9. The van der Waals surface area contributed by atoms with Gasteiger partial charge in [-0.25, -0.2) is 0 Å². The van der Waals surface area contributed by atoms with Gasteiger partial charge in [-0.15, -0.1) is 0 Å². The molecule has 4 rings (SSSR count). The molecule has 0 bridgehead atoms. The maximum atomic E-state index is 13.2. The lowest BCUT2D eigenvalue weighted by Crippen LogP contribution is -2.29. The highest BCUT2D eigenvalue weighted by atomic mass is 16.3. The molecule has 1 aliphatic heterocycles. The summed E-state index contributed by atoms with van der Waals surface area (Å²) in [5.74, 6) is -1.45. The molecule has 1 unspecified atom stereocenters. The molecule has 4 heteroatoms. The Morgan fingerprint density at radius 3 is 2.13 bits per heavy atom. The van der Waals surface area contributed by atoms with Crippen LogP contribution >= 0.6 is 0 Å². The Kier molecular flexibility index (Phi) is 5.24. The van der Waals surface area contributed by atoms with E-state index in [0.717, 1.165) is 27.8 Å². The molecular formula is C27H25NO3. The van der Waals surface area contributed by atoms with Crippen LogP contribution in [-0.2, 0) is 9.59 Å². The number of hydrogen-bond donors (Lipinski definition) is 1. The molecular weight excluding hydrogens is 386 g/mol. The summed E-state index contributed by atoms with van der Waals surface area (Å²) in [6, 6.07) is 20.2. The molecule has 31 heavy (non-hydrogen) atoms. The van der Waals surface area contributed by atoms with Crippen molar-refractivity contribution >= 4 is 23.1 Å². The van der Waals surface area contributed by atoms with Gasteiger partial charge in [-0.2, -0.15) is 0 Å². The molecule has 1 heterocycles. The van der Waals surface area contributed by atoms with Crippen LogP contribution in [0.4, 0.5) is 5.69 Å². The summed E-state index contributed by atoms with van der Waals surface area (Å²) in [6.45, 7) is 7.74. The van der Waals surface area contributed by atoms with Crippen LogP contribution < -0.4 is 4.90 Å². The standard InChI is InChI=1S/C27H25NO3/c1-16-9-12-21(13-10-16)28-24(20-7-5-6-17(2)14-20)23(26(30)27(28)31)25(29)22-15-18(3)8-11-19(22)4/h5-15,24,29H,1-4H3/b25-23+. The third-order valence-electron chi connectivity index (χ3n) is 5.76. The predicted octanol–water partition coefficient (Wildman–Crippen LogP) is 5.55. The third kappa shape index (κ3) is 3.66. The number of benzene rings is 3. The van der Waals surface area contributed by atoms with Crippen molar-refractivity contribution in [1.29, 1.82) is 0 Å². The second-order valence-electron chi connectivity index (χ2n) is 8.24. The van der Waals surface area contributed by atoms with Crippen molar-refractivity contribution in [2.75, 3.05) is 4.90 Å². The molecule has 1 fully saturated rings. The van der Waals surface area contributed by atoms with Crippen LogP contribution in [0.2, 0.25) is 0 Å². The summed E-state index contributed by atoms with van der Waals surface area (Å²) in [5.41, 5.74) is 5.97. The number of aliphatic hydroxyl groups excluding tert-OH is 1. The third-order valence-corrected chi connectivity index (χ3v) is 5.76. The van der Waals surface area contributed by atoms with Gasteiger partial charge in [0.25, 0.3) is 11.7 Å². The average molecular weight is 412 g/mol. The molecule has 156 valence electrons. The van der Waals surface area contributed by atoms with Gasteiger partial charge in [-0.3, -0.25) is 14.5 Å². The Labute approximate surface area is 182 Å². The number of carbonyl (C=O) groups excluding carboxylic acids is 2. The molecule has 1 N–H and O–H groups in total. The minimum absolute atomic E-state index is 0.116. The highest BCUT2D eigenvalue weighted by Gasteiger charge is 2.47. The summed E-state index contributed by atoms with van der Waals surface area (Å²) in [6.07, 6.45) is 0. The fourth-order valence-electron chi connectivity index (χ4n) is 4.10. The first-order valence-electron chi connectivity index (χ1n) is 10.3. The monoisotopic (exact) mass is 411 g/mol. The number of aliphatic hydroxyl groups is 1. The minimum Gasteiger partial charge on any atom is -0.507 e. The first-order valence-corrected chi connectivity index (χ1v) is 10.3. The lowest BCUT2D eigenvalue weighted by molar-refractivity contribution is -0.132. The van der Waals surface area contributed by atoms with Gasteiger partial charge < -0.3 is 5.11 Å². The zero-order valence-electron chi connectivity index (χ0n) is 18.1. The maximum Gasteiger partial charge on any atom is 0.300 e. The van der Waals surface area contributed by atoms with E-state index in [1.54, 1.807) is 0 Å². The highest BCUT2D eigenvalue weighted by Crippen LogP contribution is 2.42. The van der Waals surface area contributed by atoms with E-state index in [2.05, 4.69) is 0 Å². The molecule has 3 aromatic carbocycles. The van der Waals surface area contributed by atoms with Crippen LogP contribution in [0.25, 0.3) is 5.76 Å². The van der Waals surface area contributed by atoms with E-state index >= 15 is 0 Å². The van der Waals surface area contributed by atoms with Crippen molar-refractivity contribution in [2.45, 2.75) is 33.7 Å². The molecule has 0 aliphatic carbocycles. The molecule has 0 saturated carbocycles. The van der Waals surface area contributed by atoms with Gasteiger partial charge in [-0.05, 0) is 57.0 Å². The van der Waals surface area contributed by atoms with Gasteiger partial charge in [0.15, 0.2) is 0 Å². The zero-order valence-corrected chi connectivity index (χ0v) is 18.1. The minimum atomic E-state index is -0.706. The lowest BCUT2D eigenvalue weighted by Gasteiger charge is -2.26. The number of anilines is 1. The van der Waals surface area contributed by atoms with Crippen LogP contribution in [0.3, 0.4) is 0 Å². The zero-order chi connectivity index (χ0) is 22.3. The van der Waals surface area contributed by atoms with E-state index in [4.69, 9.17) is 0 Å². The van der Waals surface area contributed by atoms with Crippen LogP contribution in [-0.4, -0.2) is 16.8 Å². The van der Waals surface area contributed by atoms with Gasteiger partial charge in [0.2, 0.25) is 0 Å². The summed E-state index contributed by atoms with van der Waals surface area (Å²) in [5, 5.41) is 11.3. The van der Waals surface area contributed by atoms with Crippen LogP contribution in [0.5, 0.6) is 0 Å². The Balaban J connectivity index is 1.99. The summed E-state index contributed by atoms with van der Waals surface area (Å²) >= 11 is 0. The summed E-state index contributed by atoms with van der Waals surface area (Å²) in [7, 11) is 0. The Hall–Kier alpha value is -3.66. The molecule has 1 saturated heterocycles. The number of amides is 1. The predicted molar refractivity (Wildman–Crippen MR) is 123 cm³/mol. The van der Waals surface area contributed by atoms with Gasteiger partial charge in [0, 0.05) is 11.3 Å². The Bertz CT molecular complexity index is 1220. The Morgan fingerprint density at radius 1 is 0.806 bits per heavy atom. The van der Waals surface area contributed by atoms with Crippen molar-refractivity contribution < 1.29 is 14.7 Å². The molecule has 3 aromatic rings. The van der Waals surface area contributed by atoms with Gasteiger partial charge in [-0.1, -0.05) is 65.2 Å². The second kappa shape index (κ2) is 7.88. The van der Waals surface area contributed by atoms with E-state index < -0.39 is 17.7 Å².